The number of carbonyl (C=O) groups excluding carboxylic acids is 2. The Morgan fingerprint density at radius 2 is 1.77 bits per heavy atom. The molecule has 142 valence electrons. The highest BCUT2D eigenvalue weighted by Gasteiger charge is 2.49. The Kier molecular flexibility index (Phi) is 5.14. The molecular formula is C22H32N2O2. The van der Waals surface area contributed by atoms with Crippen molar-refractivity contribution >= 4 is 11.8 Å². The molecule has 2 aliphatic rings. The summed E-state index contributed by atoms with van der Waals surface area (Å²) in [6.07, 6.45) is 5.62. The van der Waals surface area contributed by atoms with Gasteiger partial charge >= 0.3 is 0 Å². The second kappa shape index (κ2) is 7.05. The first kappa shape index (κ1) is 18.9. The van der Waals surface area contributed by atoms with Gasteiger partial charge in [-0.2, -0.15) is 0 Å². The third-order valence-corrected chi connectivity index (χ3v) is 6.07. The average molecular weight is 357 g/mol. The Morgan fingerprint density at radius 3 is 2.27 bits per heavy atom. The van der Waals surface area contributed by atoms with Crippen LogP contribution in [0.4, 0.5) is 0 Å². The lowest BCUT2D eigenvalue weighted by atomic mass is 9.84. The lowest BCUT2D eigenvalue weighted by Crippen LogP contribution is -2.68. The Balaban J connectivity index is 1.61. The van der Waals surface area contributed by atoms with E-state index in [1.807, 2.05) is 19.1 Å². The van der Waals surface area contributed by atoms with Crippen LogP contribution in [0.15, 0.2) is 24.3 Å². The largest absolute Gasteiger partial charge is 0.351 e. The van der Waals surface area contributed by atoms with Gasteiger partial charge in [0.25, 0.3) is 0 Å². The second-order valence-corrected chi connectivity index (χ2v) is 9.15. The molecule has 2 fully saturated rings. The highest BCUT2D eigenvalue weighted by molar-refractivity contribution is 5.93. The molecule has 1 atom stereocenters. The van der Waals surface area contributed by atoms with Crippen LogP contribution >= 0.6 is 0 Å². The summed E-state index contributed by atoms with van der Waals surface area (Å²) >= 11 is 0. The predicted octanol–water partition coefficient (Wildman–Crippen LogP) is 3.58. The van der Waals surface area contributed by atoms with Gasteiger partial charge in [0.05, 0.1) is 6.42 Å². The van der Waals surface area contributed by atoms with E-state index in [0.29, 0.717) is 19.0 Å². The quantitative estimate of drug-likeness (QED) is 0.896. The minimum atomic E-state index is -0.676. The van der Waals surface area contributed by atoms with E-state index < -0.39 is 5.54 Å². The van der Waals surface area contributed by atoms with Crippen LogP contribution in [0.25, 0.3) is 0 Å². The molecule has 1 aromatic rings. The van der Waals surface area contributed by atoms with E-state index in [0.717, 1.165) is 24.8 Å². The van der Waals surface area contributed by atoms with Crippen molar-refractivity contribution < 1.29 is 9.59 Å². The van der Waals surface area contributed by atoms with Crippen molar-refractivity contribution in [2.75, 3.05) is 6.54 Å². The maximum Gasteiger partial charge on any atom is 0.245 e. The van der Waals surface area contributed by atoms with E-state index in [9.17, 15) is 9.59 Å². The molecule has 1 N–H and O–H groups in total. The monoisotopic (exact) mass is 356 g/mol. The summed E-state index contributed by atoms with van der Waals surface area (Å²) in [5.41, 5.74) is 1.70. The number of hydrogen-bond donors (Lipinski definition) is 1. The molecule has 1 aromatic carbocycles. The zero-order valence-electron chi connectivity index (χ0n) is 16.6. The molecule has 1 saturated heterocycles. The van der Waals surface area contributed by atoms with E-state index in [-0.39, 0.29) is 17.2 Å². The molecule has 0 spiro atoms. The van der Waals surface area contributed by atoms with Crippen molar-refractivity contribution in [2.45, 2.75) is 83.2 Å². The minimum absolute atomic E-state index is 0.0204. The normalized spacial score (nSPS) is 23.6. The van der Waals surface area contributed by atoms with E-state index in [1.54, 1.807) is 4.90 Å². The van der Waals surface area contributed by atoms with Gasteiger partial charge in [-0.25, -0.2) is 0 Å². The van der Waals surface area contributed by atoms with E-state index >= 15 is 0 Å². The Labute approximate surface area is 157 Å². The first-order chi connectivity index (χ1) is 12.2. The number of likely N-dealkylation sites (tertiary alicyclic amines) is 1. The van der Waals surface area contributed by atoms with Gasteiger partial charge in [0, 0.05) is 12.6 Å². The van der Waals surface area contributed by atoms with Gasteiger partial charge in [0.1, 0.15) is 5.54 Å². The van der Waals surface area contributed by atoms with Crippen LogP contribution < -0.4 is 5.32 Å². The van der Waals surface area contributed by atoms with Crippen molar-refractivity contribution in [3.63, 3.8) is 0 Å². The van der Waals surface area contributed by atoms with Crippen molar-refractivity contribution in [3.8, 4) is 0 Å². The summed E-state index contributed by atoms with van der Waals surface area (Å²) < 4.78 is 0. The lowest BCUT2D eigenvalue weighted by Gasteiger charge is -2.49. The number of rotatable bonds is 4. The number of carbonyl (C=O) groups is 2. The first-order valence-corrected chi connectivity index (χ1v) is 9.91. The summed E-state index contributed by atoms with van der Waals surface area (Å²) in [6, 6.07) is 8.57. The summed E-state index contributed by atoms with van der Waals surface area (Å²) in [6.45, 7) is 9.12. The zero-order chi connectivity index (χ0) is 18.9. The van der Waals surface area contributed by atoms with E-state index in [1.165, 1.54) is 18.4 Å². The molecule has 0 aromatic heterocycles. The molecule has 1 heterocycles. The predicted molar refractivity (Wildman–Crippen MR) is 104 cm³/mol. The minimum Gasteiger partial charge on any atom is -0.351 e. The third kappa shape index (κ3) is 3.79. The van der Waals surface area contributed by atoms with Gasteiger partial charge in [-0.05, 0) is 42.7 Å². The molecule has 0 bridgehead atoms. The fraction of sp³-hybridized carbons (Fsp3) is 0.636. The van der Waals surface area contributed by atoms with Crippen molar-refractivity contribution in [3.05, 3.63) is 35.4 Å². The highest BCUT2D eigenvalue weighted by Crippen LogP contribution is 2.32. The number of nitrogens with one attached hydrogen (secondary N) is 1. The molecular weight excluding hydrogens is 324 g/mol. The topological polar surface area (TPSA) is 49.4 Å². The molecule has 1 aliphatic heterocycles. The van der Waals surface area contributed by atoms with Crippen molar-refractivity contribution in [2.24, 2.45) is 0 Å². The molecule has 26 heavy (non-hydrogen) atoms. The number of amides is 2. The van der Waals surface area contributed by atoms with Crippen LogP contribution in [0.5, 0.6) is 0 Å². The van der Waals surface area contributed by atoms with Gasteiger partial charge in [0.2, 0.25) is 11.8 Å². The van der Waals surface area contributed by atoms with Crippen LogP contribution in [0, 0.1) is 0 Å². The van der Waals surface area contributed by atoms with Gasteiger partial charge in [-0.3, -0.25) is 9.59 Å². The maximum atomic E-state index is 12.8. The van der Waals surface area contributed by atoms with Gasteiger partial charge in [0.15, 0.2) is 0 Å². The molecule has 0 radical (unpaired) electrons. The molecule has 2 amide bonds. The average Bonchev–Trinajstić information content (AvgIpc) is 3.05. The standard InChI is InChI=1S/C22H32N2O2/c1-21(2,3)17-11-9-16(10-12-17)15-19(25)24-14-13-22(24,4)20(26)23-18-7-5-6-8-18/h9-12,18H,5-8,13-15H2,1-4H3,(H,23,26). The Hall–Kier alpha value is -1.84. The van der Waals surface area contributed by atoms with Crippen molar-refractivity contribution in [1.29, 1.82) is 0 Å². The van der Waals surface area contributed by atoms with Gasteiger partial charge in [-0.15, -0.1) is 0 Å². The number of benzene rings is 1. The van der Waals surface area contributed by atoms with Crippen LogP contribution in [-0.2, 0) is 21.4 Å². The molecule has 4 nitrogen and oxygen atoms in total. The fourth-order valence-corrected chi connectivity index (χ4v) is 4.00. The summed E-state index contributed by atoms with van der Waals surface area (Å²) in [5, 5.41) is 3.16. The van der Waals surface area contributed by atoms with Crippen molar-refractivity contribution in [1.82, 2.24) is 10.2 Å². The van der Waals surface area contributed by atoms with Crippen LogP contribution in [0.1, 0.15) is 70.9 Å². The van der Waals surface area contributed by atoms with Gasteiger partial charge < -0.3 is 10.2 Å². The Bertz CT molecular complexity index is 668. The molecule has 4 heteroatoms. The number of nitrogens with zero attached hydrogens (tertiary/aromatic N) is 1. The lowest BCUT2D eigenvalue weighted by molar-refractivity contribution is -0.157. The summed E-state index contributed by atoms with van der Waals surface area (Å²) in [5.74, 6) is 0.0657. The maximum absolute atomic E-state index is 12.8. The molecule has 1 saturated carbocycles. The smallest absolute Gasteiger partial charge is 0.245 e. The van der Waals surface area contributed by atoms with Crippen LogP contribution in [0.3, 0.4) is 0 Å². The Morgan fingerprint density at radius 1 is 1.15 bits per heavy atom. The third-order valence-electron chi connectivity index (χ3n) is 6.07. The SMILES string of the molecule is CC(C)(C)c1ccc(CC(=O)N2CCC2(C)C(=O)NC2CCCC2)cc1. The van der Waals surface area contributed by atoms with Gasteiger partial charge in [-0.1, -0.05) is 57.9 Å². The highest BCUT2D eigenvalue weighted by atomic mass is 16.2. The molecule has 1 aliphatic carbocycles. The first-order valence-electron chi connectivity index (χ1n) is 9.91. The van der Waals surface area contributed by atoms with Crippen LogP contribution in [0.2, 0.25) is 0 Å². The summed E-state index contributed by atoms with van der Waals surface area (Å²) in [4.78, 5) is 27.3. The zero-order valence-corrected chi connectivity index (χ0v) is 16.6. The number of hydrogen-bond acceptors (Lipinski definition) is 2. The van der Waals surface area contributed by atoms with Crippen LogP contribution in [-0.4, -0.2) is 34.8 Å². The second-order valence-electron chi connectivity index (χ2n) is 9.15. The van der Waals surface area contributed by atoms with E-state index in [4.69, 9.17) is 0 Å². The molecule has 3 rings (SSSR count). The van der Waals surface area contributed by atoms with E-state index in [2.05, 4.69) is 38.2 Å². The molecule has 1 unspecified atom stereocenters. The summed E-state index contributed by atoms with van der Waals surface area (Å²) in [7, 11) is 0. The fourth-order valence-electron chi connectivity index (χ4n) is 4.00.